The molecule has 1 aliphatic heterocycles. The van der Waals surface area contributed by atoms with Crippen molar-refractivity contribution in [3.05, 3.63) is 24.4 Å². The highest BCUT2D eigenvalue weighted by molar-refractivity contribution is 6.62. The first kappa shape index (κ1) is 18.1. The molecule has 2 aliphatic rings. The van der Waals surface area contributed by atoms with Crippen LogP contribution in [0.1, 0.15) is 40.5 Å². The molecule has 7 nitrogen and oxygen atoms in total. The molecule has 1 aromatic heterocycles. The van der Waals surface area contributed by atoms with Crippen LogP contribution in [0.25, 0.3) is 10.9 Å². The number of carboxylic acid groups (broad SMARTS) is 1. The second kappa shape index (κ2) is 5.84. The normalized spacial score (nSPS) is 20.8. The number of nitrogens with one attached hydrogen (secondary N) is 1. The average Bonchev–Trinajstić information content (AvgIpc) is 3.32. The Morgan fingerprint density at radius 3 is 2.37 bits per heavy atom. The fourth-order valence-electron chi connectivity index (χ4n) is 3.21. The summed E-state index contributed by atoms with van der Waals surface area (Å²) in [4.78, 5) is 23.8. The third kappa shape index (κ3) is 3.02. The molecule has 1 aromatic carbocycles. The van der Waals surface area contributed by atoms with Crippen molar-refractivity contribution in [2.75, 3.05) is 5.32 Å². The van der Waals surface area contributed by atoms with Crippen molar-refractivity contribution < 1.29 is 24.0 Å². The molecule has 0 atom stereocenters. The highest BCUT2D eigenvalue weighted by atomic mass is 16.7. The fourth-order valence-corrected chi connectivity index (χ4v) is 3.21. The van der Waals surface area contributed by atoms with Gasteiger partial charge in [0.15, 0.2) is 0 Å². The molecule has 0 bridgehead atoms. The van der Waals surface area contributed by atoms with E-state index in [1.165, 1.54) is 6.20 Å². The van der Waals surface area contributed by atoms with E-state index in [9.17, 15) is 14.7 Å². The quantitative estimate of drug-likeness (QED) is 0.811. The van der Waals surface area contributed by atoms with Gasteiger partial charge in [-0.05, 0) is 52.1 Å². The van der Waals surface area contributed by atoms with Gasteiger partial charge in [-0.2, -0.15) is 0 Å². The number of benzene rings is 1. The van der Waals surface area contributed by atoms with Crippen molar-refractivity contribution in [1.29, 1.82) is 0 Å². The second-order valence-electron chi connectivity index (χ2n) is 8.32. The predicted molar refractivity (Wildman–Crippen MR) is 102 cm³/mol. The molecule has 8 heteroatoms. The third-order valence-corrected chi connectivity index (χ3v) is 5.77. The van der Waals surface area contributed by atoms with Gasteiger partial charge in [0.2, 0.25) is 5.91 Å². The van der Waals surface area contributed by atoms with E-state index in [-0.39, 0.29) is 11.8 Å². The number of hydrogen-bond donors (Lipinski definition) is 2. The monoisotopic (exact) mass is 370 g/mol. The number of carbonyl (C=O) groups excluding carboxylic acids is 1. The molecular formula is C19H23BN2O5. The van der Waals surface area contributed by atoms with E-state index in [2.05, 4.69) is 5.32 Å². The Bertz CT molecular complexity index is 929. The van der Waals surface area contributed by atoms with Crippen LogP contribution in [0.5, 0.6) is 0 Å². The van der Waals surface area contributed by atoms with Crippen LogP contribution >= 0.6 is 0 Å². The maximum absolute atomic E-state index is 12.2. The summed E-state index contributed by atoms with van der Waals surface area (Å²) in [5.41, 5.74) is 0.841. The van der Waals surface area contributed by atoms with Gasteiger partial charge in [0.05, 0.1) is 22.4 Å². The number of amides is 1. The standard InChI is InChI=1S/C19H23BN2O5/c1-18(2)19(3,4)27-20(26-18)12-7-8-15-13(9-12)14(10-22(15)17(24)25)21-16(23)11-5-6-11/h7-11H,5-6H2,1-4H3,(H,21,23)(H,24,25). The summed E-state index contributed by atoms with van der Waals surface area (Å²) in [7, 11) is -0.556. The summed E-state index contributed by atoms with van der Waals surface area (Å²) in [6.07, 6.45) is 2.10. The number of hydrogen-bond acceptors (Lipinski definition) is 4. The Hall–Kier alpha value is -2.32. The summed E-state index contributed by atoms with van der Waals surface area (Å²) in [6.45, 7) is 7.92. The topological polar surface area (TPSA) is 89.8 Å². The van der Waals surface area contributed by atoms with E-state index in [0.717, 1.165) is 22.9 Å². The van der Waals surface area contributed by atoms with E-state index in [0.29, 0.717) is 16.6 Å². The van der Waals surface area contributed by atoms with E-state index in [4.69, 9.17) is 9.31 Å². The third-order valence-electron chi connectivity index (χ3n) is 5.77. The van der Waals surface area contributed by atoms with Gasteiger partial charge in [0, 0.05) is 17.5 Å². The second-order valence-corrected chi connectivity index (χ2v) is 8.32. The van der Waals surface area contributed by atoms with Gasteiger partial charge in [0.25, 0.3) is 0 Å². The minimum absolute atomic E-state index is 0.0273. The largest absolute Gasteiger partial charge is 0.494 e. The van der Waals surface area contributed by atoms with E-state index < -0.39 is 24.4 Å². The average molecular weight is 370 g/mol. The zero-order valence-corrected chi connectivity index (χ0v) is 15.9. The van der Waals surface area contributed by atoms with Gasteiger partial charge in [-0.3, -0.25) is 9.36 Å². The Balaban J connectivity index is 1.74. The van der Waals surface area contributed by atoms with Gasteiger partial charge >= 0.3 is 13.2 Å². The summed E-state index contributed by atoms with van der Waals surface area (Å²) >= 11 is 0. The number of nitrogens with zero attached hydrogens (tertiary/aromatic N) is 1. The molecule has 27 heavy (non-hydrogen) atoms. The van der Waals surface area contributed by atoms with Gasteiger partial charge in [-0.1, -0.05) is 12.1 Å². The molecule has 1 saturated carbocycles. The summed E-state index contributed by atoms with van der Waals surface area (Å²) < 4.78 is 13.3. The zero-order chi connectivity index (χ0) is 19.6. The lowest BCUT2D eigenvalue weighted by Gasteiger charge is -2.32. The molecule has 142 valence electrons. The Labute approximate surface area is 157 Å². The lowest BCUT2D eigenvalue weighted by Crippen LogP contribution is -2.41. The van der Waals surface area contributed by atoms with Gasteiger partial charge in [-0.25, -0.2) is 4.79 Å². The van der Waals surface area contributed by atoms with Crippen molar-refractivity contribution in [2.45, 2.75) is 51.7 Å². The van der Waals surface area contributed by atoms with Gasteiger partial charge in [0.1, 0.15) is 0 Å². The molecule has 4 rings (SSSR count). The van der Waals surface area contributed by atoms with Crippen molar-refractivity contribution in [2.24, 2.45) is 5.92 Å². The SMILES string of the molecule is CC1(C)OB(c2ccc3c(c2)c(NC(=O)C2CC2)cn3C(=O)O)OC1(C)C. The summed E-state index contributed by atoms with van der Waals surface area (Å²) in [5, 5.41) is 13.0. The van der Waals surface area contributed by atoms with Crippen LogP contribution in [0.2, 0.25) is 0 Å². The fraction of sp³-hybridized carbons (Fsp3) is 0.474. The molecule has 2 N–H and O–H groups in total. The summed E-state index contributed by atoms with van der Waals surface area (Å²) in [6, 6.07) is 5.35. The predicted octanol–water partition coefficient (Wildman–Crippen LogP) is 2.82. The molecule has 2 heterocycles. The number of anilines is 1. The smallest absolute Gasteiger partial charge is 0.464 e. The first-order valence-corrected chi connectivity index (χ1v) is 9.14. The molecular weight excluding hydrogens is 347 g/mol. The molecule has 1 saturated heterocycles. The van der Waals surface area contributed by atoms with Crippen molar-refractivity contribution in [3.63, 3.8) is 0 Å². The molecule has 1 amide bonds. The lowest BCUT2D eigenvalue weighted by molar-refractivity contribution is -0.117. The van der Waals surface area contributed by atoms with Crippen LogP contribution in [0.3, 0.4) is 0 Å². The maximum Gasteiger partial charge on any atom is 0.494 e. The molecule has 0 spiro atoms. The van der Waals surface area contributed by atoms with Crippen LogP contribution in [-0.4, -0.2) is 40.0 Å². The maximum atomic E-state index is 12.2. The lowest BCUT2D eigenvalue weighted by atomic mass is 9.78. The number of aromatic nitrogens is 1. The Morgan fingerprint density at radius 2 is 1.81 bits per heavy atom. The van der Waals surface area contributed by atoms with Crippen molar-refractivity contribution >= 4 is 41.2 Å². The molecule has 0 unspecified atom stereocenters. The van der Waals surface area contributed by atoms with Gasteiger partial charge in [-0.15, -0.1) is 0 Å². The van der Waals surface area contributed by atoms with Crippen LogP contribution in [0, 0.1) is 5.92 Å². The Kier molecular flexibility index (Phi) is 3.91. The molecule has 2 aromatic rings. The summed E-state index contributed by atoms with van der Waals surface area (Å²) in [5.74, 6) is -0.0417. The Morgan fingerprint density at radius 1 is 1.19 bits per heavy atom. The molecule has 2 fully saturated rings. The van der Waals surface area contributed by atoms with Gasteiger partial charge < -0.3 is 19.7 Å². The van der Waals surface area contributed by atoms with E-state index >= 15 is 0 Å². The molecule has 0 radical (unpaired) electrons. The van der Waals surface area contributed by atoms with Crippen LogP contribution in [0.4, 0.5) is 10.5 Å². The highest BCUT2D eigenvalue weighted by Crippen LogP contribution is 2.37. The van der Waals surface area contributed by atoms with Crippen LogP contribution in [0.15, 0.2) is 24.4 Å². The number of fused-ring (bicyclic) bond motifs is 1. The highest BCUT2D eigenvalue weighted by Gasteiger charge is 2.51. The van der Waals surface area contributed by atoms with Crippen LogP contribution < -0.4 is 10.8 Å². The van der Waals surface area contributed by atoms with E-state index in [1.807, 2.05) is 33.8 Å². The number of rotatable bonds is 3. The van der Waals surface area contributed by atoms with Crippen molar-refractivity contribution in [1.82, 2.24) is 4.57 Å². The van der Waals surface area contributed by atoms with Crippen LogP contribution in [-0.2, 0) is 14.1 Å². The minimum atomic E-state index is -1.10. The number of carbonyl (C=O) groups is 2. The molecule has 1 aliphatic carbocycles. The van der Waals surface area contributed by atoms with Crippen molar-refractivity contribution in [3.8, 4) is 0 Å². The first-order chi connectivity index (χ1) is 12.6. The minimum Gasteiger partial charge on any atom is -0.464 e. The zero-order valence-electron chi connectivity index (χ0n) is 15.9. The van der Waals surface area contributed by atoms with E-state index in [1.54, 1.807) is 12.1 Å². The first-order valence-electron chi connectivity index (χ1n) is 9.14.